The zero-order chi connectivity index (χ0) is 22.3. The van der Waals surface area contributed by atoms with Gasteiger partial charge in [0.15, 0.2) is 0 Å². The van der Waals surface area contributed by atoms with Crippen molar-refractivity contribution in [2.24, 2.45) is 5.16 Å². The zero-order valence-corrected chi connectivity index (χ0v) is 18.5. The lowest BCUT2D eigenvalue weighted by Crippen LogP contribution is -2.36. The topological polar surface area (TPSA) is 68.2 Å². The SMILES string of the molecule is CO/N=C1\C[C@@H](CCC(=O)OC2CCCC2)N(C(=O)c2ccc(-c3ccccc3)cc2)C1. The number of hydrogen-bond donors (Lipinski definition) is 0. The number of ether oxygens (including phenoxy) is 1. The van der Waals surface area contributed by atoms with Crippen LogP contribution in [0.25, 0.3) is 11.1 Å². The summed E-state index contributed by atoms with van der Waals surface area (Å²) in [6.45, 7) is 0.412. The van der Waals surface area contributed by atoms with Crippen molar-refractivity contribution in [1.29, 1.82) is 0 Å². The molecule has 1 heterocycles. The summed E-state index contributed by atoms with van der Waals surface area (Å²) in [5.41, 5.74) is 3.62. The first kappa shape index (κ1) is 22.1. The highest BCUT2D eigenvalue weighted by Gasteiger charge is 2.34. The first-order valence-corrected chi connectivity index (χ1v) is 11.4. The molecular weight excluding hydrogens is 404 g/mol. The van der Waals surface area contributed by atoms with Gasteiger partial charge in [-0.05, 0) is 55.4 Å². The third kappa shape index (κ3) is 5.36. The highest BCUT2D eigenvalue weighted by Crippen LogP contribution is 2.26. The van der Waals surface area contributed by atoms with E-state index in [1.54, 1.807) is 4.90 Å². The van der Waals surface area contributed by atoms with E-state index in [0.29, 0.717) is 31.4 Å². The van der Waals surface area contributed by atoms with Crippen LogP contribution >= 0.6 is 0 Å². The molecule has 4 rings (SSSR count). The average Bonchev–Trinajstić information content (AvgIpc) is 3.48. The van der Waals surface area contributed by atoms with Gasteiger partial charge in [0.05, 0.1) is 12.3 Å². The van der Waals surface area contributed by atoms with Crippen LogP contribution in [0.2, 0.25) is 0 Å². The molecule has 0 radical (unpaired) electrons. The van der Waals surface area contributed by atoms with E-state index in [1.165, 1.54) is 7.11 Å². The van der Waals surface area contributed by atoms with E-state index in [9.17, 15) is 9.59 Å². The second-order valence-electron chi connectivity index (χ2n) is 8.51. The summed E-state index contributed by atoms with van der Waals surface area (Å²) in [5, 5.41) is 4.07. The highest BCUT2D eigenvalue weighted by molar-refractivity contribution is 6.00. The van der Waals surface area contributed by atoms with Gasteiger partial charge < -0.3 is 14.5 Å². The molecule has 1 aliphatic heterocycles. The van der Waals surface area contributed by atoms with Crippen LogP contribution in [0, 0.1) is 0 Å². The van der Waals surface area contributed by atoms with E-state index in [1.807, 2.05) is 54.6 Å². The van der Waals surface area contributed by atoms with Crippen molar-refractivity contribution < 1.29 is 19.2 Å². The number of hydrogen-bond acceptors (Lipinski definition) is 5. The van der Waals surface area contributed by atoms with Crippen molar-refractivity contribution in [1.82, 2.24) is 4.90 Å². The maximum atomic E-state index is 13.3. The number of oxime groups is 1. The van der Waals surface area contributed by atoms with Crippen molar-refractivity contribution in [3.05, 3.63) is 60.2 Å². The van der Waals surface area contributed by atoms with Gasteiger partial charge in [-0.2, -0.15) is 0 Å². The Morgan fingerprint density at radius 2 is 1.69 bits per heavy atom. The average molecular weight is 435 g/mol. The predicted octanol–water partition coefficient (Wildman–Crippen LogP) is 4.84. The number of rotatable bonds is 7. The minimum Gasteiger partial charge on any atom is -0.462 e. The minimum absolute atomic E-state index is 0.0555. The molecule has 2 aliphatic rings. The molecule has 2 aromatic rings. The molecule has 6 heteroatoms. The van der Waals surface area contributed by atoms with Crippen LogP contribution in [0.15, 0.2) is 59.8 Å². The molecule has 0 bridgehead atoms. The first-order valence-electron chi connectivity index (χ1n) is 11.4. The van der Waals surface area contributed by atoms with E-state index in [4.69, 9.17) is 9.57 Å². The van der Waals surface area contributed by atoms with E-state index in [2.05, 4.69) is 5.16 Å². The van der Waals surface area contributed by atoms with Crippen molar-refractivity contribution >= 4 is 17.6 Å². The lowest BCUT2D eigenvalue weighted by molar-refractivity contribution is -0.149. The van der Waals surface area contributed by atoms with Crippen molar-refractivity contribution in [2.75, 3.05) is 13.7 Å². The number of benzene rings is 2. The molecule has 168 valence electrons. The monoisotopic (exact) mass is 434 g/mol. The maximum Gasteiger partial charge on any atom is 0.306 e. The van der Waals surface area contributed by atoms with Gasteiger partial charge in [-0.3, -0.25) is 9.59 Å². The Kier molecular flexibility index (Phi) is 7.20. The summed E-state index contributed by atoms with van der Waals surface area (Å²) in [5.74, 6) is -0.228. The van der Waals surface area contributed by atoms with Crippen LogP contribution in [0.3, 0.4) is 0 Å². The van der Waals surface area contributed by atoms with Crippen molar-refractivity contribution in [3.8, 4) is 11.1 Å². The molecule has 2 fully saturated rings. The molecule has 1 saturated carbocycles. The quantitative estimate of drug-likeness (QED) is 0.462. The standard InChI is InChI=1S/C26H30N2O4/c1-31-27-22-17-23(15-16-25(29)32-24-9-5-6-10-24)28(18-22)26(30)21-13-11-20(12-14-21)19-7-3-2-4-8-19/h2-4,7-8,11-14,23-24H,5-6,9-10,15-18H2,1H3/b27-22+/t23-/m1/s1. The lowest BCUT2D eigenvalue weighted by atomic mass is 10.0. The van der Waals surface area contributed by atoms with E-state index in [0.717, 1.165) is 42.5 Å². The molecule has 0 N–H and O–H groups in total. The predicted molar refractivity (Wildman–Crippen MR) is 123 cm³/mol. The summed E-state index contributed by atoms with van der Waals surface area (Å²) in [6, 6.07) is 17.6. The van der Waals surface area contributed by atoms with Crippen LogP contribution in [0.5, 0.6) is 0 Å². The van der Waals surface area contributed by atoms with Crippen molar-refractivity contribution in [2.45, 2.75) is 57.1 Å². The first-order chi connectivity index (χ1) is 15.6. The number of carbonyl (C=O) groups excluding carboxylic acids is 2. The van der Waals surface area contributed by atoms with Gasteiger partial charge >= 0.3 is 5.97 Å². The van der Waals surface area contributed by atoms with Gasteiger partial charge in [0.2, 0.25) is 0 Å². The summed E-state index contributed by atoms with van der Waals surface area (Å²) in [4.78, 5) is 32.3. The fourth-order valence-corrected chi connectivity index (χ4v) is 4.60. The van der Waals surface area contributed by atoms with Gasteiger partial charge in [0.1, 0.15) is 13.2 Å². The Morgan fingerprint density at radius 3 is 2.38 bits per heavy atom. The smallest absolute Gasteiger partial charge is 0.306 e. The molecule has 0 spiro atoms. The fourth-order valence-electron chi connectivity index (χ4n) is 4.60. The highest BCUT2D eigenvalue weighted by atomic mass is 16.6. The van der Waals surface area contributed by atoms with Gasteiger partial charge in [0, 0.05) is 24.4 Å². The van der Waals surface area contributed by atoms with E-state index in [-0.39, 0.29) is 24.0 Å². The zero-order valence-electron chi connectivity index (χ0n) is 18.5. The van der Waals surface area contributed by atoms with Crippen molar-refractivity contribution in [3.63, 3.8) is 0 Å². The Hall–Kier alpha value is -3.15. The molecule has 1 amide bonds. The van der Waals surface area contributed by atoms with Gasteiger partial charge in [-0.15, -0.1) is 0 Å². The lowest BCUT2D eigenvalue weighted by Gasteiger charge is -2.24. The third-order valence-corrected chi connectivity index (χ3v) is 6.27. The van der Waals surface area contributed by atoms with E-state index >= 15 is 0 Å². The molecule has 1 saturated heterocycles. The van der Waals surface area contributed by atoms with Gasteiger partial charge in [-0.1, -0.05) is 47.6 Å². The second-order valence-corrected chi connectivity index (χ2v) is 8.51. The number of nitrogens with zero attached hydrogens (tertiary/aromatic N) is 2. The Labute approximate surface area is 189 Å². The number of carbonyl (C=O) groups is 2. The Bertz CT molecular complexity index is 950. The van der Waals surface area contributed by atoms with Crippen LogP contribution < -0.4 is 0 Å². The summed E-state index contributed by atoms with van der Waals surface area (Å²) < 4.78 is 5.58. The maximum absolute atomic E-state index is 13.3. The Morgan fingerprint density at radius 1 is 1.00 bits per heavy atom. The van der Waals surface area contributed by atoms with Gasteiger partial charge in [0.25, 0.3) is 5.91 Å². The molecule has 0 unspecified atom stereocenters. The Balaban J connectivity index is 1.42. The molecule has 2 aromatic carbocycles. The molecule has 1 atom stereocenters. The van der Waals surface area contributed by atoms with Gasteiger partial charge in [-0.25, -0.2) is 0 Å². The molecule has 32 heavy (non-hydrogen) atoms. The number of likely N-dealkylation sites (tertiary alicyclic amines) is 1. The second kappa shape index (κ2) is 10.4. The van der Waals surface area contributed by atoms with Crippen LogP contribution in [-0.2, 0) is 14.4 Å². The third-order valence-electron chi connectivity index (χ3n) is 6.27. The van der Waals surface area contributed by atoms with E-state index < -0.39 is 0 Å². The summed E-state index contributed by atoms with van der Waals surface area (Å²) in [6.07, 6.45) is 5.72. The minimum atomic E-state index is -0.173. The summed E-state index contributed by atoms with van der Waals surface area (Å²) in [7, 11) is 1.51. The fraction of sp³-hybridized carbons (Fsp3) is 0.423. The van der Waals surface area contributed by atoms with Crippen LogP contribution in [0.1, 0.15) is 55.3 Å². The summed E-state index contributed by atoms with van der Waals surface area (Å²) >= 11 is 0. The largest absolute Gasteiger partial charge is 0.462 e. The molecule has 0 aromatic heterocycles. The van der Waals surface area contributed by atoms with Crippen LogP contribution in [0.4, 0.5) is 0 Å². The normalized spacial score (nSPS) is 20.0. The molecule has 6 nitrogen and oxygen atoms in total. The van der Waals surface area contributed by atoms with Crippen LogP contribution in [-0.4, -0.2) is 48.3 Å². The molecular formula is C26H30N2O4. The molecule has 1 aliphatic carbocycles. The number of esters is 1. The number of amides is 1.